The molecule has 1 fully saturated rings. The van der Waals surface area contributed by atoms with Crippen molar-refractivity contribution in [1.29, 1.82) is 0 Å². The van der Waals surface area contributed by atoms with Gasteiger partial charge in [0, 0.05) is 6.92 Å². The first-order valence-electron chi connectivity index (χ1n) is 7.81. The average molecular weight is 315 g/mol. The molecule has 0 saturated heterocycles. The van der Waals surface area contributed by atoms with Gasteiger partial charge in [-0.2, -0.15) is 4.98 Å². The summed E-state index contributed by atoms with van der Waals surface area (Å²) in [6.45, 7) is 3.37. The summed E-state index contributed by atoms with van der Waals surface area (Å²) in [4.78, 5) is 16.7. The summed E-state index contributed by atoms with van der Waals surface area (Å²) >= 11 is 0. The third-order valence-electron chi connectivity index (χ3n) is 4.44. The summed E-state index contributed by atoms with van der Waals surface area (Å²) in [6, 6.07) is 9.19. The molecule has 0 spiro atoms. The van der Waals surface area contributed by atoms with Crippen LogP contribution in [0.25, 0.3) is 0 Å². The number of carbonyl (C=O) groups is 1. The van der Waals surface area contributed by atoms with Crippen LogP contribution in [0.15, 0.2) is 34.9 Å². The van der Waals surface area contributed by atoms with Crippen molar-refractivity contribution >= 4 is 5.91 Å². The fourth-order valence-electron chi connectivity index (χ4n) is 2.95. The highest BCUT2D eigenvalue weighted by molar-refractivity contribution is 5.78. The van der Waals surface area contributed by atoms with Crippen LogP contribution in [-0.2, 0) is 15.9 Å². The number of amides is 1. The molecule has 1 aliphatic rings. The quantitative estimate of drug-likeness (QED) is 0.883. The lowest BCUT2D eigenvalue weighted by Crippen LogP contribution is -2.52. The van der Waals surface area contributed by atoms with Crippen LogP contribution in [-0.4, -0.2) is 21.2 Å². The van der Waals surface area contributed by atoms with Gasteiger partial charge in [0.2, 0.25) is 11.8 Å². The van der Waals surface area contributed by atoms with Gasteiger partial charge in [0.1, 0.15) is 5.54 Å². The van der Waals surface area contributed by atoms with Crippen molar-refractivity contribution in [3.63, 3.8) is 0 Å². The Kier molecular flexibility index (Phi) is 3.93. The van der Waals surface area contributed by atoms with Crippen LogP contribution in [0.4, 0.5) is 0 Å². The molecule has 1 aliphatic carbocycles. The molecule has 2 N–H and O–H groups in total. The van der Waals surface area contributed by atoms with E-state index in [9.17, 15) is 9.90 Å². The molecular formula is C17H21N3O3. The van der Waals surface area contributed by atoms with E-state index in [1.54, 1.807) is 13.8 Å². The highest BCUT2D eigenvalue weighted by Gasteiger charge is 2.44. The van der Waals surface area contributed by atoms with Gasteiger partial charge in [-0.05, 0) is 31.7 Å². The Hall–Kier alpha value is -2.21. The van der Waals surface area contributed by atoms with E-state index in [4.69, 9.17) is 4.52 Å². The second-order valence-corrected chi connectivity index (χ2v) is 6.44. The molecule has 0 bridgehead atoms. The Morgan fingerprint density at radius 2 is 2.09 bits per heavy atom. The normalized spacial score (nSPS) is 18.7. The zero-order valence-electron chi connectivity index (χ0n) is 13.4. The SMILES string of the molecule is Cc1nc(C2(NC(=O)CC(C)(O)c3ccccc3)CCC2)no1. The summed E-state index contributed by atoms with van der Waals surface area (Å²) in [5.74, 6) is 0.784. The van der Waals surface area contributed by atoms with Crippen molar-refractivity contribution in [2.45, 2.75) is 50.7 Å². The molecule has 1 atom stereocenters. The van der Waals surface area contributed by atoms with E-state index in [1.807, 2.05) is 30.3 Å². The molecule has 6 heteroatoms. The number of aromatic nitrogens is 2. The van der Waals surface area contributed by atoms with Crippen LogP contribution in [0.2, 0.25) is 0 Å². The van der Waals surface area contributed by atoms with Gasteiger partial charge in [0.05, 0.1) is 12.0 Å². The summed E-state index contributed by atoms with van der Waals surface area (Å²) in [5, 5.41) is 17.6. The van der Waals surface area contributed by atoms with Gasteiger partial charge >= 0.3 is 0 Å². The van der Waals surface area contributed by atoms with Gasteiger partial charge in [-0.3, -0.25) is 4.79 Å². The maximum Gasteiger partial charge on any atom is 0.224 e. The van der Waals surface area contributed by atoms with Gasteiger partial charge in [-0.1, -0.05) is 35.5 Å². The second-order valence-electron chi connectivity index (χ2n) is 6.44. The summed E-state index contributed by atoms with van der Waals surface area (Å²) < 4.78 is 5.04. The number of nitrogens with zero attached hydrogens (tertiary/aromatic N) is 2. The third kappa shape index (κ3) is 3.12. The summed E-state index contributed by atoms with van der Waals surface area (Å²) in [5.41, 5.74) is -1.06. The summed E-state index contributed by atoms with van der Waals surface area (Å²) in [7, 11) is 0. The molecule has 1 unspecified atom stereocenters. The van der Waals surface area contributed by atoms with Crippen molar-refractivity contribution < 1.29 is 14.4 Å². The maximum atomic E-state index is 12.5. The number of rotatable bonds is 5. The number of aryl methyl sites for hydroxylation is 1. The molecule has 1 aromatic heterocycles. The van der Waals surface area contributed by atoms with Crippen molar-refractivity contribution in [2.24, 2.45) is 0 Å². The largest absolute Gasteiger partial charge is 0.385 e. The fraction of sp³-hybridized carbons (Fsp3) is 0.471. The van der Waals surface area contributed by atoms with E-state index in [0.29, 0.717) is 17.3 Å². The van der Waals surface area contributed by atoms with Crippen molar-refractivity contribution in [3.8, 4) is 0 Å². The molecule has 1 amide bonds. The van der Waals surface area contributed by atoms with Gasteiger partial charge in [0.15, 0.2) is 5.82 Å². The van der Waals surface area contributed by atoms with Crippen LogP contribution in [0.3, 0.4) is 0 Å². The van der Waals surface area contributed by atoms with Crippen LogP contribution < -0.4 is 5.32 Å². The lowest BCUT2D eigenvalue weighted by molar-refractivity contribution is -0.129. The van der Waals surface area contributed by atoms with E-state index in [2.05, 4.69) is 15.5 Å². The molecule has 1 saturated carbocycles. The zero-order chi connectivity index (χ0) is 16.5. The molecule has 3 rings (SSSR count). The number of carbonyl (C=O) groups excluding carboxylic acids is 1. The van der Waals surface area contributed by atoms with E-state index < -0.39 is 11.1 Å². The highest BCUT2D eigenvalue weighted by atomic mass is 16.5. The minimum Gasteiger partial charge on any atom is -0.385 e. The van der Waals surface area contributed by atoms with Crippen LogP contribution >= 0.6 is 0 Å². The zero-order valence-corrected chi connectivity index (χ0v) is 13.4. The molecule has 23 heavy (non-hydrogen) atoms. The van der Waals surface area contributed by atoms with Gasteiger partial charge in [-0.15, -0.1) is 0 Å². The molecule has 6 nitrogen and oxygen atoms in total. The molecule has 1 aromatic carbocycles. The lowest BCUT2D eigenvalue weighted by atomic mass is 9.75. The van der Waals surface area contributed by atoms with Crippen molar-refractivity contribution in [2.75, 3.05) is 0 Å². The number of benzene rings is 1. The Labute approximate surface area is 134 Å². The summed E-state index contributed by atoms with van der Waals surface area (Å²) in [6.07, 6.45) is 2.55. The van der Waals surface area contributed by atoms with Crippen molar-refractivity contribution in [3.05, 3.63) is 47.6 Å². The smallest absolute Gasteiger partial charge is 0.224 e. The fourth-order valence-corrected chi connectivity index (χ4v) is 2.95. The molecule has 0 aliphatic heterocycles. The highest BCUT2D eigenvalue weighted by Crippen LogP contribution is 2.40. The van der Waals surface area contributed by atoms with Gasteiger partial charge < -0.3 is 14.9 Å². The Morgan fingerprint density at radius 1 is 1.39 bits per heavy atom. The van der Waals surface area contributed by atoms with E-state index in [-0.39, 0.29) is 12.3 Å². The number of hydrogen-bond donors (Lipinski definition) is 2. The first-order chi connectivity index (χ1) is 10.9. The van der Waals surface area contributed by atoms with Gasteiger partial charge in [-0.25, -0.2) is 0 Å². The average Bonchev–Trinajstić information content (AvgIpc) is 2.90. The Bertz CT molecular complexity index is 690. The number of hydrogen-bond acceptors (Lipinski definition) is 5. The third-order valence-corrected chi connectivity index (χ3v) is 4.44. The van der Waals surface area contributed by atoms with Crippen LogP contribution in [0.5, 0.6) is 0 Å². The Balaban J connectivity index is 1.71. The monoisotopic (exact) mass is 315 g/mol. The molecule has 122 valence electrons. The van der Waals surface area contributed by atoms with Crippen LogP contribution in [0, 0.1) is 6.92 Å². The minimum absolute atomic E-state index is 0.0183. The van der Waals surface area contributed by atoms with E-state index >= 15 is 0 Å². The van der Waals surface area contributed by atoms with E-state index in [1.165, 1.54) is 0 Å². The maximum absolute atomic E-state index is 12.5. The predicted octanol–water partition coefficient (Wildman–Crippen LogP) is 2.17. The van der Waals surface area contributed by atoms with Gasteiger partial charge in [0.25, 0.3) is 0 Å². The minimum atomic E-state index is -1.22. The molecule has 1 heterocycles. The first kappa shape index (κ1) is 15.7. The number of aliphatic hydroxyl groups is 1. The molecular weight excluding hydrogens is 294 g/mol. The Morgan fingerprint density at radius 3 is 2.61 bits per heavy atom. The van der Waals surface area contributed by atoms with Crippen molar-refractivity contribution in [1.82, 2.24) is 15.5 Å². The van der Waals surface area contributed by atoms with Crippen LogP contribution in [0.1, 0.15) is 49.9 Å². The topological polar surface area (TPSA) is 88.2 Å². The molecule has 2 aromatic rings. The predicted molar refractivity (Wildman–Crippen MR) is 83.3 cm³/mol. The number of nitrogens with one attached hydrogen (secondary N) is 1. The first-order valence-corrected chi connectivity index (χ1v) is 7.81. The standard InChI is InChI=1S/C17H21N3O3/c1-12-18-15(20-23-12)17(9-6-10-17)19-14(21)11-16(2,22)13-7-4-3-5-8-13/h3-5,7-8,22H,6,9-11H2,1-2H3,(H,19,21). The van der Waals surface area contributed by atoms with E-state index in [0.717, 1.165) is 19.3 Å². The molecule has 0 radical (unpaired) electrons. The second kappa shape index (κ2) is 5.77. The lowest BCUT2D eigenvalue weighted by Gasteiger charge is -2.40.